The highest BCUT2D eigenvalue weighted by Crippen LogP contribution is 2.35. The number of hydrogen-bond donors (Lipinski definition) is 1. The second kappa shape index (κ2) is 5.52. The molecule has 1 fully saturated rings. The summed E-state index contributed by atoms with van der Waals surface area (Å²) >= 11 is 1.48. The van der Waals surface area contributed by atoms with Crippen molar-refractivity contribution in [1.82, 2.24) is 4.31 Å². The Balaban J connectivity index is 2.35. The van der Waals surface area contributed by atoms with Gasteiger partial charge in [-0.3, -0.25) is 0 Å². The SMILES string of the molecule is Cc1sc(CN)cc1S(=O)(=O)N(CC(C)C)C1CC1. The molecule has 1 aliphatic carbocycles. The van der Waals surface area contributed by atoms with Crippen LogP contribution >= 0.6 is 11.3 Å². The van der Waals surface area contributed by atoms with Gasteiger partial charge in [-0.25, -0.2) is 8.42 Å². The average molecular weight is 302 g/mol. The third-order valence-electron chi connectivity index (χ3n) is 3.21. The van der Waals surface area contributed by atoms with E-state index in [4.69, 9.17) is 5.73 Å². The molecule has 108 valence electrons. The van der Waals surface area contributed by atoms with E-state index in [0.717, 1.165) is 22.6 Å². The molecule has 0 aromatic carbocycles. The van der Waals surface area contributed by atoms with E-state index < -0.39 is 10.0 Å². The van der Waals surface area contributed by atoms with Crippen molar-refractivity contribution in [2.45, 2.75) is 51.1 Å². The molecular weight excluding hydrogens is 280 g/mol. The molecule has 0 unspecified atom stereocenters. The molecule has 6 heteroatoms. The maximum Gasteiger partial charge on any atom is 0.244 e. The maximum absolute atomic E-state index is 12.8. The molecule has 1 aliphatic rings. The molecule has 4 nitrogen and oxygen atoms in total. The molecule has 0 amide bonds. The lowest BCUT2D eigenvalue weighted by molar-refractivity contribution is 0.360. The van der Waals surface area contributed by atoms with Crippen molar-refractivity contribution in [3.63, 3.8) is 0 Å². The van der Waals surface area contributed by atoms with Gasteiger partial charge in [0.05, 0.1) is 4.90 Å². The van der Waals surface area contributed by atoms with Crippen LogP contribution in [-0.4, -0.2) is 25.3 Å². The second-order valence-electron chi connectivity index (χ2n) is 5.54. The van der Waals surface area contributed by atoms with Gasteiger partial charge in [0.1, 0.15) is 0 Å². The van der Waals surface area contributed by atoms with Gasteiger partial charge in [-0.15, -0.1) is 11.3 Å². The summed E-state index contributed by atoms with van der Waals surface area (Å²) in [7, 11) is -3.36. The highest BCUT2D eigenvalue weighted by Gasteiger charge is 2.39. The van der Waals surface area contributed by atoms with Crippen LogP contribution in [0.15, 0.2) is 11.0 Å². The Morgan fingerprint density at radius 1 is 1.47 bits per heavy atom. The van der Waals surface area contributed by atoms with Gasteiger partial charge in [-0.2, -0.15) is 4.31 Å². The minimum atomic E-state index is -3.36. The fourth-order valence-electron chi connectivity index (χ4n) is 2.17. The molecule has 0 atom stereocenters. The molecule has 2 N–H and O–H groups in total. The fraction of sp³-hybridized carbons (Fsp3) is 0.692. The third kappa shape index (κ3) is 3.18. The van der Waals surface area contributed by atoms with E-state index in [9.17, 15) is 8.42 Å². The summed E-state index contributed by atoms with van der Waals surface area (Å²) in [5, 5.41) is 0. The summed E-state index contributed by atoms with van der Waals surface area (Å²) in [5.41, 5.74) is 5.61. The Hall–Kier alpha value is -0.430. The molecule has 1 aromatic heterocycles. The number of hydrogen-bond acceptors (Lipinski definition) is 4. The number of rotatable bonds is 6. The van der Waals surface area contributed by atoms with E-state index in [1.807, 2.05) is 6.92 Å². The zero-order valence-electron chi connectivity index (χ0n) is 11.7. The Bertz CT molecular complexity index is 545. The number of nitrogens with two attached hydrogens (primary N) is 1. The van der Waals surface area contributed by atoms with E-state index in [0.29, 0.717) is 23.9 Å². The van der Waals surface area contributed by atoms with Gasteiger partial charge in [0, 0.05) is 28.9 Å². The largest absolute Gasteiger partial charge is 0.326 e. The van der Waals surface area contributed by atoms with Crippen LogP contribution in [0.2, 0.25) is 0 Å². The molecule has 0 spiro atoms. The zero-order valence-corrected chi connectivity index (χ0v) is 13.4. The van der Waals surface area contributed by atoms with Gasteiger partial charge >= 0.3 is 0 Å². The number of thiophene rings is 1. The molecule has 0 radical (unpaired) electrons. The molecule has 0 bridgehead atoms. The first-order valence-electron chi connectivity index (χ1n) is 6.67. The summed E-state index contributed by atoms with van der Waals surface area (Å²) in [6, 6.07) is 1.94. The van der Waals surface area contributed by atoms with Gasteiger partial charge < -0.3 is 5.73 Å². The average Bonchev–Trinajstić information content (AvgIpc) is 3.08. The van der Waals surface area contributed by atoms with E-state index in [1.54, 1.807) is 10.4 Å². The van der Waals surface area contributed by atoms with Gasteiger partial charge in [-0.1, -0.05) is 13.8 Å². The first-order valence-corrected chi connectivity index (χ1v) is 8.93. The van der Waals surface area contributed by atoms with Crippen molar-refractivity contribution in [3.8, 4) is 0 Å². The summed E-state index contributed by atoms with van der Waals surface area (Å²) in [6.45, 7) is 6.96. The lowest BCUT2D eigenvalue weighted by atomic mass is 10.2. The van der Waals surface area contributed by atoms with Crippen LogP contribution < -0.4 is 5.73 Å². The van der Waals surface area contributed by atoms with Crippen LogP contribution in [0.25, 0.3) is 0 Å². The minimum Gasteiger partial charge on any atom is -0.326 e. The normalized spacial score (nSPS) is 16.5. The standard InChI is InChI=1S/C13H22N2O2S2/c1-9(2)8-15(11-4-5-11)19(16,17)13-6-12(7-14)18-10(13)3/h6,9,11H,4-5,7-8,14H2,1-3H3. The van der Waals surface area contributed by atoms with E-state index in [1.165, 1.54) is 11.3 Å². The van der Waals surface area contributed by atoms with Crippen LogP contribution in [-0.2, 0) is 16.6 Å². The lowest BCUT2D eigenvalue weighted by Gasteiger charge is -2.23. The van der Waals surface area contributed by atoms with Gasteiger partial charge in [0.25, 0.3) is 0 Å². The van der Waals surface area contributed by atoms with Crippen LogP contribution in [0.3, 0.4) is 0 Å². The monoisotopic (exact) mass is 302 g/mol. The highest BCUT2D eigenvalue weighted by molar-refractivity contribution is 7.89. The Labute approximate surface area is 119 Å². The van der Waals surface area contributed by atoms with Crippen molar-refractivity contribution in [3.05, 3.63) is 15.8 Å². The first kappa shape index (κ1) is 15.0. The molecule has 2 rings (SSSR count). The maximum atomic E-state index is 12.8. The van der Waals surface area contributed by atoms with Crippen molar-refractivity contribution in [1.29, 1.82) is 0 Å². The van der Waals surface area contributed by atoms with Crippen molar-refractivity contribution < 1.29 is 8.42 Å². The predicted octanol–water partition coefficient (Wildman–Crippen LogP) is 2.32. The Morgan fingerprint density at radius 3 is 2.53 bits per heavy atom. The molecule has 0 saturated heterocycles. The predicted molar refractivity (Wildman–Crippen MR) is 78.7 cm³/mol. The summed E-state index contributed by atoms with van der Waals surface area (Å²) in [5.74, 6) is 0.336. The highest BCUT2D eigenvalue weighted by atomic mass is 32.2. The number of nitrogens with zero attached hydrogens (tertiary/aromatic N) is 1. The molecule has 19 heavy (non-hydrogen) atoms. The first-order chi connectivity index (χ1) is 8.86. The molecular formula is C13H22N2O2S2. The number of sulfonamides is 1. The van der Waals surface area contributed by atoms with Crippen molar-refractivity contribution in [2.24, 2.45) is 11.7 Å². The van der Waals surface area contributed by atoms with Crippen molar-refractivity contribution in [2.75, 3.05) is 6.54 Å². The van der Waals surface area contributed by atoms with Gasteiger partial charge in [0.15, 0.2) is 0 Å². The van der Waals surface area contributed by atoms with Gasteiger partial charge in [0.2, 0.25) is 10.0 Å². The van der Waals surface area contributed by atoms with Crippen LogP contribution in [0.5, 0.6) is 0 Å². The second-order valence-corrected chi connectivity index (χ2v) is 8.74. The third-order valence-corrected chi connectivity index (χ3v) is 6.46. The van der Waals surface area contributed by atoms with Crippen molar-refractivity contribution >= 4 is 21.4 Å². The molecule has 1 heterocycles. The van der Waals surface area contributed by atoms with E-state index in [2.05, 4.69) is 13.8 Å². The van der Waals surface area contributed by atoms with E-state index >= 15 is 0 Å². The van der Waals surface area contributed by atoms with Gasteiger partial charge in [-0.05, 0) is 31.7 Å². The van der Waals surface area contributed by atoms with Crippen LogP contribution in [0, 0.1) is 12.8 Å². The van der Waals surface area contributed by atoms with Crippen LogP contribution in [0.1, 0.15) is 36.4 Å². The quantitative estimate of drug-likeness (QED) is 0.877. The topological polar surface area (TPSA) is 63.4 Å². The molecule has 0 aliphatic heterocycles. The van der Waals surface area contributed by atoms with E-state index in [-0.39, 0.29) is 6.04 Å². The molecule has 1 saturated carbocycles. The Kier molecular flexibility index (Phi) is 4.35. The summed E-state index contributed by atoms with van der Waals surface area (Å²) in [6.07, 6.45) is 1.97. The lowest BCUT2D eigenvalue weighted by Crippen LogP contribution is -2.36. The zero-order chi connectivity index (χ0) is 14.2. The molecule has 1 aromatic rings. The minimum absolute atomic E-state index is 0.202. The fourth-order valence-corrected chi connectivity index (χ4v) is 5.51. The smallest absolute Gasteiger partial charge is 0.244 e. The summed E-state index contributed by atoms with van der Waals surface area (Å²) < 4.78 is 27.3. The van der Waals surface area contributed by atoms with Crippen LogP contribution in [0.4, 0.5) is 0 Å². The summed E-state index contributed by atoms with van der Waals surface area (Å²) in [4.78, 5) is 2.22. The number of aryl methyl sites for hydroxylation is 1. The Morgan fingerprint density at radius 2 is 2.11 bits per heavy atom.